The third-order valence-electron chi connectivity index (χ3n) is 0.909. The lowest BCUT2D eigenvalue weighted by Crippen LogP contribution is -2.33. The van der Waals surface area contributed by atoms with Crippen molar-refractivity contribution in [3.8, 4) is 0 Å². The van der Waals surface area contributed by atoms with Gasteiger partial charge in [-0.1, -0.05) is 6.92 Å². The molecule has 0 aromatic heterocycles. The molecular weight excluding hydrogens is 108 g/mol. The van der Waals surface area contributed by atoms with Crippen molar-refractivity contribution in [2.24, 2.45) is 0 Å². The largest absolute Gasteiger partial charge is 0.479 e. The van der Waals surface area contributed by atoms with Crippen LogP contribution in [0.2, 0.25) is 0 Å². The zero-order chi connectivity index (χ0) is 6.78. The summed E-state index contributed by atoms with van der Waals surface area (Å²) in [6.45, 7) is 6.31. The zero-order valence-electron chi connectivity index (χ0n) is 4.59. The lowest BCUT2D eigenvalue weighted by molar-refractivity contribution is -0.153. The number of carboxylic acid groups (broad SMARTS) is 1. The van der Waals surface area contributed by atoms with E-state index in [9.17, 15) is 4.79 Å². The fourth-order valence-electron chi connectivity index (χ4n) is 0.151. The summed E-state index contributed by atoms with van der Waals surface area (Å²) in [7, 11) is 0. The van der Waals surface area contributed by atoms with E-state index in [1.807, 2.05) is 0 Å². The van der Waals surface area contributed by atoms with Crippen molar-refractivity contribution in [2.45, 2.75) is 18.9 Å². The van der Waals surface area contributed by atoms with Crippen LogP contribution in [-0.4, -0.2) is 21.8 Å². The summed E-state index contributed by atoms with van der Waals surface area (Å²) in [4.78, 5) is 9.88. The van der Waals surface area contributed by atoms with Gasteiger partial charge in [0.15, 0.2) is 5.60 Å². The molecule has 0 fully saturated rings. The lowest BCUT2D eigenvalue weighted by atomic mass is 10.1. The molecule has 0 heterocycles. The Morgan fingerprint density at radius 1 is 1.88 bits per heavy atom. The van der Waals surface area contributed by atoms with E-state index in [0.717, 1.165) is 0 Å². The van der Waals surface area contributed by atoms with Gasteiger partial charge in [0.25, 0.3) is 0 Å². The van der Waals surface area contributed by atoms with Gasteiger partial charge in [-0.05, 0) is 6.42 Å². The van der Waals surface area contributed by atoms with Gasteiger partial charge in [-0.3, -0.25) is 0 Å². The maximum atomic E-state index is 9.88. The SMILES string of the molecule is [CH]C(O)(CC)C(=O)O. The first-order valence-electron chi connectivity index (χ1n) is 2.25. The molecule has 0 spiro atoms. The minimum atomic E-state index is -2.04. The number of aliphatic carboxylic acids is 1. The fourth-order valence-corrected chi connectivity index (χ4v) is 0.151. The monoisotopic (exact) mass is 116 g/mol. The third-order valence-corrected chi connectivity index (χ3v) is 0.909. The van der Waals surface area contributed by atoms with Crippen molar-refractivity contribution in [2.75, 3.05) is 0 Å². The van der Waals surface area contributed by atoms with Crippen LogP contribution in [-0.2, 0) is 4.79 Å². The van der Waals surface area contributed by atoms with E-state index in [-0.39, 0.29) is 6.42 Å². The molecule has 0 bridgehead atoms. The second kappa shape index (κ2) is 2.13. The zero-order valence-corrected chi connectivity index (χ0v) is 4.59. The van der Waals surface area contributed by atoms with E-state index in [2.05, 4.69) is 0 Å². The summed E-state index contributed by atoms with van der Waals surface area (Å²) in [5, 5.41) is 16.6. The number of aliphatic hydroxyl groups is 1. The van der Waals surface area contributed by atoms with E-state index in [0.29, 0.717) is 0 Å². The molecule has 3 heteroatoms. The molecule has 8 heavy (non-hydrogen) atoms. The molecule has 1 atom stereocenters. The Kier molecular flexibility index (Phi) is 1.98. The van der Waals surface area contributed by atoms with Crippen LogP contribution in [0.5, 0.6) is 0 Å². The molecule has 0 aromatic rings. The van der Waals surface area contributed by atoms with E-state index in [1.165, 1.54) is 6.92 Å². The normalized spacial score (nSPS) is 17.4. The van der Waals surface area contributed by atoms with Crippen LogP contribution in [0.4, 0.5) is 0 Å². The Morgan fingerprint density at radius 2 is 2.25 bits per heavy atom. The molecule has 0 aromatic carbocycles. The van der Waals surface area contributed by atoms with Gasteiger partial charge < -0.3 is 10.2 Å². The molecule has 0 saturated heterocycles. The first-order valence-corrected chi connectivity index (χ1v) is 2.25. The maximum Gasteiger partial charge on any atom is 0.335 e. The van der Waals surface area contributed by atoms with Gasteiger partial charge in [-0.25, -0.2) is 4.79 Å². The van der Waals surface area contributed by atoms with Crippen LogP contribution in [0.3, 0.4) is 0 Å². The highest BCUT2D eigenvalue weighted by Crippen LogP contribution is 2.05. The minimum absolute atomic E-state index is 0.0162. The standard InChI is InChI=1S/C5H8O3/c1-3-5(2,8)4(6)7/h2,8H,3H2,1H3,(H,6,7). The number of carboxylic acids is 1. The van der Waals surface area contributed by atoms with Crippen molar-refractivity contribution in [3.05, 3.63) is 6.92 Å². The predicted molar refractivity (Wildman–Crippen MR) is 27.2 cm³/mol. The molecule has 2 N–H and O–H groups in total. The molecule has 2 radical (unpaired) electrons. The molecule has 0 aliphatic heterocycles. The number of rotatable bonds is 2. The Balaban J connectivity index is 3.91. The van der Waals surface area contributed by atoms with Crippen molar-refractivity contribution in [1.82, 2.24) is 0 Å². The smallest absolute Gasteiger partial charge is 0.335 e. The van der Waals surface area contributed by atoms with Gasteiger partial charge in [-0.15, -0.1) is 0 Å². The topological polar surface area (TPSA) is 57.5 Å². The quantitative estimate of drug-likeness (QED) is 0.530. The second-order valence-electron chi connectivity index (χ2n) is 1.58. The van der Waals surface area contributed by atoms with E-state index < -0.39 is 11.6 Å². The molecule has 3 nitrogen and oxygen atoms in total. The highest BCUT2D eigenvalue weighted by atomic mass is 16.4. The van der Waals surface area contributed by atoms with Gasteiger partial charge >= 0.3 is 5.97 Å². The summed E-state index contributed by atoms with van der Waals surface area (Å²) in [5.74, 6) is -1.39. The van der Waals surface area contributed by atoms with Crippen LogP contribution < -0.4 is 0 Å². The van der Waals surface area contributed by atoms with Crippen molar-refractivity contribution in [3.63, 3.8) is 0 Å². The van der Waals surface area contributed by atoms with Gasteiger partial charge in [0.05, 0.1) is 0 Å². The molecule has 0 rings (SSSR count). The summed E-state index contributed by atoms with van der Waals surface area (Å²) in [6.07, 6.45) is 0.0162. The highest BCUT2D eigenvalue weighted by Gasteiger charge is 2.27. The Labute approximate surface area is 47.9 Å². The average Bonchev–Trinajstić information content (AvgIpc) is 1.67. The molecule has 0 saturated carbocycles. The van der Waals surface area contributed by atoms with E-state index in [4.69, 9.17) is 17.1 Å². The molecule has 0 aliphatic rings. The Hall–Kier alpha value is -0.570. The van der Waals surface area contributed by atoms with E-state index in [1.54, 1.807) is 0 Å². The van der Waals surface area contributed by atoms with E-state index >= 15 is 0 Å². The van der Waals surface area contributed by atoms with Gasteiger partial charge in [-0.2, -0.15) is 0 Å². The predicted octanol–water partition coefficient (Wildman–Crippen LogP) is -0.0768. The van der Waals surface area contributed by atoms with Crippen LogP contribution in [0, 0.1) is 6.92 Å². The van der Waals surface area contributed by atoms with Crippen molar-refractivity contribution in [1.29, 1.82) is 0 Å². The third kappa shape index (κ3) is 1.50. The first-order chi connectivity index (χ1) is 3.50. The summed E-state index contributed by atoms with van der Waals surface area (Å²) in [6, 6.07) is 0. The van der Waals surface area contributed by atoms with Gasteiger partial charge in [0.2, 0.25) is 0 Å². The Bertz CT molecular complexity index is 95.8. The summed E-state index contributed by atoms with van der Waals surface area (Å²) < 4.78 is 0. The van der Waals surface area contributed by atoms with Gasteiger partial charge in [0.1, 0.15) is 0 Å². The van der Waals surface area contributed by atoms with Crippen molar-refractivity contribution >= 4 is 5.97 Å². The van der Waals surface area contributed by atoms with Crippen LogP contribution in [0.1, 0.15) is 13.3 Å². The number of hydrogen-bond acceptors (Lipinski definition) is 2. The maximum absolute atomic E-state index is 9.88. The molecular formula is C5H8O3. The number of carbonyl (C=O) groups is 1. The summed E-state index contributed by atoms with van der Waals surface area (Å²) in [5.41, 5.74) is -2.04. The lowest BCUT2D eigenvalue weighted by Gasteiger charge is -2.12. The summed E-state index contributed by atoms with van der Waals surface area (Å²) >= 11 is 0. The average molecular weight is 116 g/mol. The van der Waals surface area contributed by atoms with Crippen LogP contribution in [0.25, 0.3) is 0 Å². The molecule has 0 aliphatic carbocycles. The molecule has 46 valence electrons. The minimum Gasteiger partial charge on any atom is -0.479 e. The highest BCUT2D eigenvalue weighted by molar-refractivity contribution is 5.77. The fraction of sp³-hybridized carbons (Fsp3) is 0.600. The van der Waals surface area contributed by atoms with Crippen molar-refractivity contribution < 1.29 is 15.0 Å². The Morgan fingerprint density at radius 3 is 2.25 bits per heavy atom. The first kappa shape index (κ1) is 7.43. The second-order valence-corrected chi connectivity index (χ2v) is 1.58. The van der Waals surface area contributed by atoms with Gasteiger partial charge in [0, 0.05) is 6.92 Å². The van der Waals surface area contributed by atoms with Crippen LogP contribution >= 0.6 is 0 Å². The molecule has 0 amide bonds. The number of hydrogen-bond donors (Lipinski definition) is 2. The van der Waals surface area contributed by atoms with Crippen LogP contribution in [0.15, 0.2) is 0 Å². The molecule has 1 unspecified atom stereocenters.